The Morgan fingerprint density at radius 3 is 2.64 bits per heavy atom. The van der Waals surface area contributed by atoms with E-state index in [1.54, 1.807) is 36.5 Å². The van der Waals surface area contributed by atoms with Gasteiger partial charge in [0.15, 0.2) is 0 Å². The number of hydrogen-bond acceptors (Lipinski definition) is 4. The zero-order chi connectivity index (χ0) is 17.8. The Kier molecular flexibility index (Phi) is 5.14. The van der Waals surface area contributed by atoms with Crippen LogP contribution in [0.4, 0.5) is 10.5 Å². The number of aromatic nitrogens is 2. The number of amides is 2. The maximum Gasteiger partial charge on any atom is 0.322 e. The van der Waals surface area contributed by atoms with Gasteiger partial charge in [-0.25, -0.2) is 4.79 Å². The van der Waals surface area contributed by atoms with Gasteiger partial charge in [-0.2, -0.15) is 0 Å². The van der Waals surface area contributed by atoms with Crippen LogP contribution in [-0.2, 0) is 7.05 Å². The summed E-state index contributed by atoms with van der Waals surface area (Å²) >= 11 is 0. The van der Waals surface area contributed by atoms with Gasteiger partial charge in [-0.3, -0.25) is 14.7 Å². The highest BCUT2D eigenvalue weighted by molar-refractivity contribution is 5.89. The fourth-order valence-corrected chi connectivity index (χ4v) is 3.03. The van der Waals surface area contributed by atoms with E-state index in [4.69, 9.17) is 0 Å². The van der Waals surface area contributed by atoms with Crippen LogP contribution in [0.15, 0.2) is 47.7 Å². The van der Waals surface area contributed by atoms with Gasteiger partial charge in [0, 0.05) is 57.9 Å². The average molecular weight is 341 g/mol. The maximum atomic E-state index is 12.4. The molecule has 7 nitrogen and oxygen atoms in total. The monoisotopic (exact) mass is 341 g/mol. The summed E-state index contributed by atoms with van der Waals surface area (Å²) in [5, 5.41) is 2.72. The van der Waals surface area contributed by atoms with Gasteiger partial charge < -0.3 is 14.8 Å². The van der Waals surface area contributed by atoms with E-state index in [2.05, 4.69) is 28.2 Å². The van der Waals surface area contributed by atoms with Crippen molar-refractivity contribution in [2.45, 2.75) is 13.0 Å². The third-order valence-corrected chi connectivity index (χ3v) is 4.68. The van der Waals surface area contributed by atoms with Crippen LogP contribution in [0.3, 0.4) is 0 Å². The Labute approximate surface area is 146 Å². The first kappa shape index (κ1) is 17.2. The van der Waals surface area contributed by atoms with Crippen molar-refractivity contribution in [3.63, 3.8) is 0 Å². The van der Waals surface area contributed by atoms with Crippen molar-refractivity contribution in [1.82, 2.24) is 19.4 Å². The van der Waals surface area contributed by atoms with Crippen LogP contribution in [0.5, 0.6) is 0 Å². The molecule has 0 aliphatic carbocycles. The highest BCUT2D eigenvalue weighted by Gasteiger charge is 2.25. The Morgan fingerprint density at radius 2 is 1.96 bits per heavy atom. The molecule has 25 heavy (non-hydrogen) atoms. The van der Waals surface area contributed by atoms with Gasteiger partial charge in [-0.05, 0) is 30.7 Å². The molecule has 0 spiro atoms. The van der Waals surface area contributed by atoms with Gasteiger partial charge >= 0.3 is 6.03 Å². The summed E-state index contributed by atoms with van der Waals surface area (Å²) in [4.78, 5) is 32.7. The molecule has 0 bridgehead atoms. The zero-order valence-corrected chi connectivity index (χ0v) is 14.6. The molecule has 7 heteroatoms. The van der Waals surface area contributed by atoms with Crippen LogP contribution in [0.1, 0.15) is 18.5 Å². The molecule has 1 saturated heterocycles. The number of pyridine rings is 2. The number of nitrogens with zero attached hydrogens (tertiary/aromatic N) is 4. The molecule has 2 aromatic rings. The van der Waals surface area contributed by atoms with Gasteiger partial charge in [0.25, 0.3) is 5.56 Å². The Hall–Kier alpha value is -2.67. The van der Waals surface area contributed by atoms with Crippen LogP contribution >= 0.6 is 0 Å². The maximum absolute atomic E-state index is 12.4. The van der Waals surface area contributed by atoms with Crippen LogP contribution in [-0.4, -0.2) is 51.6 Å². The van der Waals surface area contributed by atoms with Crippen molar-refractivity contribution >= 4 is 11.7 Å². The predicted molar refractivity (Wildman–Crippen MR) is 96.5 cm³/mol. The molecule has 3 rings (SSSR count). The van der Waals surface area contributed by atoms with Crippen LogP contribution in [0.2, 0.25) is 0 Å². The van der Waals surface area contributed by atoms with E-state index in [9.17, 15) is 9.59 Å². The molecule has 1 aliphatic heterocycles. The second-order valence-corrected chi connectivity index (χ2v) is 6.25. The Balaban J connectivity index is 1.58. The van der Waals surface area contributed by atoms with E-state index in [0.29, 0.717) is 18.8 Å². The number of aryl methyl sites for hydroxylation is 1. The predicted octanol–water partition coefficient (Wildman–Crippen LogP) is 1.69. The summed E-state index contributed by atoms with van der Waals surface area (Å²) in [5.74, 6) is 0. The zero-order valence-electron chi connectivity index (χ0n) is 14.6. The molecule has 1 aliphatic rings. The number of rotatable bonds is 3. The smallest absolute Gasteiger partial charge is 0.322 e. The minimum atomic E-state index is -0.225. The third-order valence-electron chi connectivity index (χ3n) is 4.68. The first-order valence-electron chi connectivity index (χ1n) is 8.42. The third kappa shape index (κ3) is 3.88. The largest absolute Gasteiger partial charge is 0.322 e. The van der Waals surface area contributed by atoms with E-state index < -0.39 is 0 Å². The first-order chi connectivity index (χ1) is 12.1. The second-order valence-electron chi connectivity index (χ2n) is 6.25. The minimum absolute atomic E-state index is 0.209. The summed E-state index contributed by atoms with van der Waals surface area (Å²) in [5.41, 5.74) is 1.27. The van der Waals surface area contributed by atoms with Gasteiger partial charge in [0.2, 0.25) is 0 Å². The average Bonchev–Trinajstić information content (AvgIpc) is 2.65. The summed E-state index contributed by atoms with van der Waals surface area (Å²) in [6.07, 6.45) is 5.32. The van der Waals surface area contributed by atoms with E-state index in [-0.39, 0.29) is 17.6 Å². The first-order valence-corrected chi connectivity index (χ1v) is 8.42. The van der Waals surface area contributed by atoms with Crippen molar-refractivity contribution in [3.8, 4) is 0 Å². The molecule has 1 unspecified atom stereocenters. The van der Waals surface area contributed by atoms with Crippen molar-refractivity contribution < 1.29 is 4.79 Å². The number of urea groups is 1. The highest BCUT2D eigenvalue weighted by atomic mass is 16.2. The highest BCUT2D eigenvalue weighted by Crippen LogP contribution is 2.20. The molecule has 132 valence electrons. The van der Waals surface area contributed by atoms with Crippen LogP contribution in [0, 0.1) is 0 Å². The van der Waals surface area contributed by atoms with Gasteiger partial charge in [-0.1, -0.05) is 6.07 Å². The molecule has 0 saturated carbocycles. The van der Waals surface area contributed by atoms with Crippen molar-refractivity contribution in [2.75, 3.05) is 31.5 Å². The number of hydrogen-bond donors (Lipinski definition) is 1. The fraction of sp³-hybridized carbons (Fsp3) is 0.389. The summed E-state index contributed by atoms with van der Waals surface area (Å²) in [7, 11) is 1.66. The lowest BCUT2D eigenvalue weighted by Gasteiger charge is -2.38. The Morgan fingerprint density at radius 1 is 1.20 bits per heavy atom. The summed E-state index contributed by atoms with van der Waals surface area (Å²) in [6.45, 7) is 4.99. The summed E-state index contributed by atoms with van der Waals surface area (Å²) < 4.78 is 1.45. The molecular formula is C18H23N5O2. The molecule has 1 atom stereocenters. The van der Waals surface area contributed by atoms with E-state index in [0.717, 1.165) is 13.1 Å². The molecule has 1 fully saturated rings. The van der Waals surface area contributed by atoms with Crippen molar-refractivity contribution in [1.29, 1.82) is 0 Å². The van der Waals surface area contributed by atoms with Gasteiger partial charge in [0.1, 0.15) is 5.69 Å². The summed E-state index contributed by atoms with van der Waals surface area (Å²) in [6, 6.07) is 7.42. The lowest BCUT2D eigenvalue weighted by molar-refractivity contribution is 0.119. The SMILES string of the molecule is CC(c1cccnc1)N1CCN(C(=O)Nc2cccn(C)c2=O)CC1. The molecule has 1 N–H and O–H groups in total. The quantitative estimate of drug-likeness (QED) is 0.922. The number of nitrogens with one attached hydrogen (secondary N) is 1. The molecule has 2 amide bonds. The van der Waals surface area contributed by atoms with Crippen LogP contribution in [0.25, 0.3) is 0 Å². The number of carbonyl (C=O) groups excluding carboxylic acids is 1. The lowest BCUT2D eigenvalue weighted by atomic mass is 10.1. The topological polar surface area (TPSA) is 70.5 Å². The number of anilines is 1. The normalized spacial score (nSPS) is 16.5. The van der Waals surface area contributed by atoms with Gasteiger partial charge in [0.05, 0.1) is 0 Å². The molecule has 2 aromatic heterocycles. The number of carbonyl (C=O) groups is 1. The Bertz CT molecular complexity index is 782. The molecule has 0 radical (unpaired) electrons. The standard InChI is InChI=1S/C18H23N5O2/c1-14(15-5-3-7-19-13-15)22-9-11-23(12-10-22)18(25)20-16-6-4-8-21(2)17(16)24/h3-8,13-14H,9-12H2,1-2H3,(H,20,25). The van der Waals surface area contributed by atoms with E-state index >= 15 is 0 Å². The van der Waals surface area contributed by atoms with E-state index in [1.165, 1.54) is 10.1 Å². The van der Waals surface area contributed by atoms with Crippen molar-refractivity contribution in [3.05, 3.63) is 58.8 Å². The lowest BCUT2D eigenvalue weighted by Crippen LogP contribution is -2.50. The minimum Gasteiger partial charge on any atom is -0.322 e. The molecule has 3 heterocycles. The van der Waals surface area contributed by atoms with Gasteiger partial charge in [-0.15, -0.1) is 0 Å². The fourth-order valence-electron chi connectivity index (χ4n) is 3.03. The molecular weight excluding hydrogens is 318 g/mol. The second kappa shape index (κ2) is 7.48. The molecule has 0 aromatic carbocycles. The van der Waals surface area contributed by atoms with Crippen LogP contribution < -0.4 is 10.9 Å². The van der Waals surface area contributed by atoms with Crippen molar-refractivity contribution in [2.24, 2.45) is 7.05 Å². The number of piperazine rings is 1. The van der Waals surface area contributed by atoms with E-state index in [1.807, 2.05) is 12.3 Å².